The number of aryl methyl sites for hydroxylation is 1. The Labute approximate surface area is 160 Å². The molecule has 0 aliphatic carbocycles. The van der Waals surface area contributed by atoms with Crippen LogP contribution in [-0.2, 0) is 4.79 Å². The quantitative estimate of drug-likeness (QED) is 0.696. The minimum Gasteiger partial charge on any atom is -0.481 e. The second kappa shape index (κ2) is 7.82. The highest BCUT2D eigenvalue weighted by Gasteiger charge is 2.23. The van der Waals surface area contributed by atoms with Gasteiger partial charge in [0.25, 0.3) is 5.91 Å². The van der Waals surface area contributed by atoms with Gasteiger partial charge >= 0.3 is 0 Å². The lowest BCUT2D eigenvalue weighted by Crippen LogP contribution is -2.38. The molecule has 0 aliphatic rings. The molecule has 2 atom stereocenters. The number of aromatic nitrogens is 2. The number of hydrogen-bond donors (Lipinski definition) is 1. The van der Waals surface area contributed by atoms with Gasteiger partial charge in [0.15, 0.2) is 6.10 Å². The van der Waals surface area contributed by atoms with E-state index < -0.39 is 6.10 Å². The molecule has 142 valence electrons. The van der Waals surface area contributed by atoms with Gasteiger partial charge in [-0.15, -0.1) is 0 Å². The van der Waals surface area contributed by atoms with Crippen LogP contribution >= 0.6 is 0 Å². The molecule has 0 bridgehead atoms. The zero-order valence-corrected chi connectivity index (χ0v) is 16.6. The Morgan fingerprint density at radius 2 is 1.81 bits per heavy atom. The molecule has 3 aromatic rings. The van der Waals surface area contributed by atoms with Crippen molar-refractivity contribution < 1.29 is 9.53 Å². The van der Waals surface area contributed by atoms with Crippen LogP contribution < -0.4 is 10.1 Å². The number of carbonyl (C=O) groups excluding carboxylic acids is 1. The summed E-state index contributed by atoms with van der Waals surface area (Å²) in [5, 5.41) is 3.04. The van der Waals surface area contributed by atoms with Gasteiger partial charge in [-0.3, -0.25) is 4.79 Å². The fraction of sp³-hybridized carbons (Fsp3) is 0.364. The van der Waals surface area contributed by atoms with E-state index in [0.29, 0.717) is 5.75 Å². The van der Waals surface area contributed by atoms with Crippen molar-refractivity contribution in [1.82, 2.24) is 14.9 Å². The third-order valence-electron chi connectivity index (χ3n) is 4.56. The summed E-state index contributed by atoms with van der Waals surface area (Å²) in [6.45, 7) is 9.95. The molecule has 5 nitrogen and oxygen atoms in total. The van der Waals surface area contributed by atoms with E-state index in [9.17, 15) is 4.79 Å². The average Bonchev–Trinajstić information content (AvgIpc) is 3.01. The fourth-order valence-corrected chi connectivity index (χ4v) is 3.25. The number of hydrogen-bond acceptors (Lipinski definition) is 3. The predicted octanol–water partition coefficient (Wildman–Crippen LogP) is 4.57. The molecule has 0 fully saturated rings. The average molecular weight is 365 g/mol. The minimum absolute atomic E-state index is 0.161. The van der Waals surface area contributed by atoms with Gasteiger partial charge in [0.1, 0.15) is 11.6 Å². The van der Waals surface area contributed by atoms with E-state index in [4.69, 9.17) is 9.72 Å². The van der Waals surface area contributed by atoms with E-state index in [1.165, 1.54) is 0 Å². The Kier molecular flexibility index (Phi) is 5.49. The molecular weight excluding hydrogens is 338 g/mol. The Balaban J connectivity index is 1.76. The van der Waals surface area contributed by atoms with Crippen LogP contribution in [0, 0.1) is 6.92 Å². The minimum atomic E-state index is -0.592. The molecule has 0 radical (unpaired) electrons. The number of amides is 1. The summed E-state index contributed by atoms with van der Waals surface area (Å²) in [6, 6.07) is 15.8. The van der Waals surface area contributed by atoms with Crippen LogP contribution in [0.3, 0.4) is 0 Å². The van der Waals surface area contributed by atoms with Gasteiger partial charge in [-0.2, -0.15) is 0 Å². The molecule has 27 heavy (non-hydrogen) atoms. The number of benzene rings is 2. The van der Waals surface area contributed by atoms with E-state index in [0.717, 1.165) is 22.4 Å². The molecule has 0 unspecified atom stereocenters. The van der Waals surface area contributed by atoms with Crippen LogP contribution in [0.5, 0.6) is 5.75 Å². The van der Waals surface area contributed by atoms with Crippen LogP contribution in [0.15, 0.2) is 48.5 Å². The standard InChI is InChI=1S/C22H27N3O2/c1-14(2)25-20-12-7-6-11-19(20)24-21(25)16(4)23-22(26)17(5)27-18-10-8-9-15(3)13-18/h6-14,16-17H,1-5H3,(H,23,26)/t16-,17+/m0/s1. The van der Waals surface area contributed by atoms with Gasteiger partial charge in [0, 0.05) is 6.04 Å². The largest absolute Gasteiger partial charge is 0.481 e. The maximum atomic E-state index is 12.6. The topological polar surface area (TPSA) is 56.1 Å². The third-order valence-corrected chi connectivity index (χ3v) is 4.56. The van der Waals surface area contributed by atoms with Crippen molar-refractivity contribution in [2.24, 2.45) is 0 Å². The lowest BCUT2D eigenvalue weighted by atomic mass is 10.2. The Morgan fingerprint density at radius 3 is 2.52 bits per heavy atom. The predicted molar refractivity (Wildman–Crippen MR) is 108 cm³/mol. The lowest BCUT2D eigenvalue weighted by molar-refractivity contribution is -0.128. The van der Waals surface area contributed by atoms with E-state index >= 15 is 0 Å². The van der Waals surface area contributed by atoms with Crippen LogP contribution in [0.25, 0.3) is 11.0 Å². The number of carbonyl (C=O) groups is 1. The van der Waals surface area contributed by atoms with Crippen LogP contribution in [-0.4, -0.2) is 21.6 Å². The van der Waals surface area contributed by atoms with E-state index in [1.807, 2.05) is 56.3 Å². The maximum absolute atomic E-state index is 12.6. The van der Waals surface area contributed by atoms with Crippen LogP contribution in [0.1, 0.15) is 51.2 Å². The van der Waals surface area contributed by atoms with Crippen molar-refractivity contribution in [2.45, 2.75) is 52.8 Å². The van der Waals surface area contributed by atoms with Gasteiger partial charge in [0.05, 0.1) is 17.1 Å². The normalized spacial score (nSPS) is 13.6. The van der Waals surface area contributed by atoms with Crippen LogP contribution in [0.2, 0.25) is 0 Å². The number of imidazole rings is 1. The first-order chi connectivity index (χ1) is 12.9. The SMILES string of the molecule is Cc1cccc(O[C@H](C)C(=O)N[C@@H](C)c2nc3ccccc3n2C(C)C)c1. The molecule has 0 aliphatic heterocycles. The second-order valence-electron chi connectivity index (χ2n) is 7.23. The molecule has 1 N–H and O–H groups in total. The third kappa shape index (κ3) is 4.13. The summed E-state index contributed by atoms with van der Waals surface area (Å²) in [5.41, 5.74) is 3.11. The summed E-state index contributed by atoms with van der Waals surface area (Å²) >= 11 is 0. The van der Waals surface area contributed by atoms with Crippen molar-refractivity contribution in [2.75, 3.05) is 0 Å². The number of nitrogens with zero attached hydrogens (tertiary/aromatic N) is 2. The van der Waals surface area contributed by atoms with Gasteiger partial charge in [0.2, 0.25) is 0 Å². The first-order valence-corrected chi connectivity index (χ1v) is 9.37. The van der Waals surface area contributed by atoms with E-state index in [-0.39, 0.29) is 18.0 Å². The smallest absolute Gasteiger partial charge is 0.261 e. The number of rotatable bonds is 6. The number of ether oxygens (including phenoxy) is 1. The molecule has 0 saturated carbocycles. The monoisotopic (exact) mass is 365 g/mol. The molecule has 1 heterocycles. The van der Waals surface area contributed by atoms with Gasteiger partial charge in [-0.25, -0.2) is 4.98 Å². The summed E-state index contributed by atoms with van der Waals surface area (Å²) < 4.78 is 7.96. The zero-order chi connectivity index (χ0) is 19.6. The summed E-state index contributed by atoms with van der Waals surface area (Å²) in [6.07, 6.45) is -0.592. The summed E-state index contributed by atoms with van der Waals surface area (Å²) in [7, 11) is 0. The molecule has 3 rings (SSSR count). The highest BCUT2D eigenvalue weighted by Crippen LogP contribution is 2.25. The highest BCUT2D eigenvalue weighted by atomic mass is 16.5. The molecule has 2 aromatic carbocycles. The van der Waals surface area contributed by atoms with E-state index in [1.54, 1.807) is 6.92 Å². The maximum Gasteiger partial charge on any atom is 0.261 e. The van der Waals surface area contributed by atoms with Crippen molar-refractivity contribution in [3.63, 3.8) is 0 Å². The van der Waals surface area contributed by atoms with Gasteiger partial charge < -0.3 is 14.6 Å². The number of fused-ring (bicyclic) bond motifs is 1. The summed E-state index contributed by atoms with van der Waals surface area (Å²) in [4.78, 5) is 17.4. The molecular formula is C22H27N3O2. The second-order valence-corrected chi connectivity index (χ2v) is 7.23. The molecule has 1 aromatic heterocycles. The van der Waals surface area contributed by atoms with Crippen molar-refractivity contribution in [1.29, 1.82) is 0 Å². The van der Waals surface area contributed by atoms with Crippen molar-refractivity contribution in [3.8, 4) is 5.75 Å². The number of nitrogens with one attached hydrogen (secondary N) is 1. The first kappa shape index (κ1) is 19.0. The highest BCUT2D eigenvalue weighted by molar-refractivity contribution is 5.81. The lowest BCUT2D eigenvalue weighted by Gasteiger charge is -2.21. The molecule has 0 spiro atoms. The van der Waals surface area contributed by atoms with Crippen molar-refractivity contribution >= 4 is 16.9 Å². The van der Waals surface area contributed by atoms with Crippen molar-refractivity contribution in [3.05, 3.63) is 59.9 Å². The zero-order valence-electron chi connectivity index (χ0n) is 16.6. The Hall–Kier alpha value is -2.82. The molecule has 5 heteroatoms. The Bertz CT molecular complexity index is 946. The summed E-state index contributed by atoms with van der Waals surface area (Å²) in [5.74, 6) is 1.38. The number of para-hydroxylation sites is 2. The molecule has 1 amide bonds. The fourth-order valence-electron chi connectivity index (χ4n) is 3.25. The van der Waals surface area contributed by atoms with E-state index in [2.05, 4.69) is 29.8 Å². The molecule has 0 saturated heterocycles. The van der Waals surface area contributed by atoms with Gasteiger partial charge in [-0.1, -0.05) is 24.3 Å². The van der Waals surface area contributed by atoms with Crippen LogP contribution in [0.4, 0.5) is 0 Å². The first-order valence-electron chi connectivity index (χ1n) is 9.37. The van der Waals surface area contributed by atoms with Gasteiger partial charge in [-0.05, 0) is 64.4 Å². The Morgan fingerprint density at radius 1 is 1.07 bits per heavy atom.